The average molecular weight is 258 g/mol. The second kappa shape index (κ2) is 6.75. The fraction of sp³-hybridized carbons (Fsp3) is 0.267. The summed E-state index contributed by atoms with van der Waals surface area (Å²) >= 11 is 0. The molecule has 0 aliphatic rings. The Bertz CT molecular complexity index is 503. The molecule has 0 aliphatic heterocycles. The predicted molar refractivity (Wildman–Crippen MR) is 74.2 cm³/mol. The zero-order valence-corrected chi connectivity index (χ0v) is 11.2. The molecule has 0 amide bonds. The zero-order valence-electron chi connectivity index (χ0n) is 11.2. The van der Waals surface area contributed by atoms with E-state index in [1.807, 2.05) is 49.5 Å². The summed E-state index contributed by atoms with van der Waals surface area (Å²) in [5.74, 6) is 1.47. The molecule has 0 fully saturated rings. The Kier molecular flexibility index (Phi) is 4.75. The van der Waals surface area contributed by atoms with Gasteiger partial charge in [0.25, 0.3) is 0 Å². The average Bonchev–Trinajstić information content (AvgIpc) is 2.47. The number of methoxy groups -OCH3 is 1. The number of nitrogens with zero attached hydrogens (tertiary/aromatic N) is 1. The standard InChI is InChI=1S/C15H18N2O2/c1-12(17-11-13-6-5-9-16-10-13)19-15-8-4-3-7-14(15)18-2/h3-10,12,17H,11H2,1-2H3. The van der Waals surface area contributed by atoms with Crippen LogP contribution in [-0.2, 0) is 6.54 Å². The van der Waals surface area contributed by atoms with Gasteiger partial charge in [-0.25, -0.2) is 0 Å². The van der Waals surface area contributed by atoms with Gasteiger partial charge in [0.05, 0.1) is 7.11 Å². The van der Waals surface area contributed by atoms with Crippen molar-refractivity contribution >= 4 is 0 Å². The lowest BCUT2D eigenvalue weighted by Gasteiger charge is -2.18. The number of benzene rings is 1. The van der Waals surface area contributed by atoms with E-state index in [4.69, 9.17) is 9.47 Å². The maximum absolute atomic E-state index is 5.80. The molecule has 0 spiro atoms. The number of pyridine rings is 1. The molecular weight excluding hydrogens is 240 g/mol. The van der Waals surface area contributed by atoms with E-state index < -0.39 is 0 Å². The van der Waals surface area contributed by atoms with Gasteiger partial charge in [-0.2, -0.15) is 0 Å². The van der Waals surface area contributed by atoms with Crippen molar-refractivity contribution in [3.63, 3.8) is 0 Å². The van der Waals surface area contributed by atoms with Gasteiger partial charge in [0, 0.05) is 18.9 Å². The van der Waals surface area contributed by atoms with Crippen molar-refractivity contribution in [3.05, 3.63) is 54.4 Å². The minimum Gasteiger partial charge on any atom is -0.493 e. The lowest BCUT2D eigenvalue weighted by atomic mass is 10.3. The number of hydrogen-bond donors (Lipinski definition) is 1. The maximum atomic E-state index is 5.80. The normalized spacial score (nSPS) is 11.9. The Morgan fingerprint density at radius 1 is 1.16 bits per heavy atom. The lowest BCUT2D eigenvalue weighted by Crippen LogP contribution is -2.31. The fourth-order valence-corrected chi connectivity index (χ4v) is 1.71. The van der Waals surface area contributed by atoms with Crippen molar-refractivity contribution < 1.29 is 9.47 Å². The molecule has 0 saturated heterocycles. The Morgan fingerprint density at radius 2 is 1.95 bits per heavy atom. The molecule has 1 aromatic carbocycles. The Balaban J connectivity index is 1.89. The summed E-state index contributed by atoms with van der Waals surface area (Å²) in [4.78, 5) is 4.07. The highest BCUT2D eigenvalue weighted by molar-refractivity contribution is 5.39. The van der Waals surface area contributed by atoms with Crippen LogP contribution in [0.4, 0.5) is 0 Å². The molecule has 0 saturated carbocycles. The Labute approximate surface area is 113 Å². The van der Waals surface area contributed by atoms with Crippen molar-refractivity contribution in [2.75, 3.05) is 7.11 Å². The van der Waals surface area contributed by atoms with Gasteiger partial charge in [0.15, 0.2) is 11.5 Å². The van der Waals surface area contributed by atoms with Crippen LogP contribution < -0.4 is 14.8 Å². The summed E-state index contributed by atoms with van der Waals surface area (Å²) < 4.78 is 11.0. The second-order valence-corrected chi connectivity index (χ2v) is 4.15. The second-order valence-electron chi connectivity index (χ2n) is 4.15. The van der Waals surface area contributed by atoms with Crippen LogP contribution in [0.5, 0.6) is 11.5 Å². The van der Waals surface area contributed by atoms with Gasteiger partial charge >= 0.3 is 0 Å². The SMILES string of the molecule is COc1ccccc1OC(C)NCc1cccnc1. The van der Waals surface area contributed by atoms with E-state index >= 15 is 0 Å². The zero-order chi connectivity index (χ0) is 13.5. The third-order valence-corrected chi connectivity index (χ3v) is 2.69. The third-order valence-electron chi connectivity index (χ3n) is 2.69. The summed E-state index contributed by atoms with van der Waals surface area (Å²) in [7, 11) is 1.63. The van der Waals surface area contributed by atoms with Crippen molar-refractivity contribution in [2.24, 2.45) is 0 Å². The predicted octanol–water partition coefficient (Wildman–Crippen LogP) is 2.60. The first-order valence-electron chi connectivity index (χ1n) is 6.21. The van der Waals surface area contributed by atoms with E-state index in [0.29, 0.717) is 6.54 Å². The van der Waals surface area contributed by atoms with Gasteiger partial charge in [0.2, 0.25) is 0 Å². The van der Waals surface area contributed by atoms with Crippen molar-refractivity contribution in [2.45, 2.75) is 19.7 Å². The summed E-state index contributed by atoms with van der Waals surface area (Å²) in [6, 6.07) is 11.5. The molecule has 1 heterocycles. The van der Waals surface area contributed by atoms with Gasteiger partial charge in [-0.15, -0.1) is 0 Å². The summed E-state index contributed by atoms with van der Waals surface area (Å²) in [5, 5.41) is 3.28. The van der Waals surface area contributed by atoms with E-state index in [1.54, 1.807) is 13.3 Å². The van der Waals surface area contributed by atoms with Crippen molar-refractivity contribution in [1.82, 2.24) is 10.3 Å². The molecule has 1 atom stereocenters. The first-order chi connectivity index (χ1) is 9.29. The van der Waals surface area contributed by atoms with Gasteiger partial charge < -0.3 is 9.47 Å². The van der Waals surface area contributed by atoms with Crippen LogP contribution in [0.2, 0.25) is 0 Å². The smallest absolute Gasteiger partial charge is 0.163 e. The Morgan fingerprint density at radius 3 is 2.63 bits per heavy atom. The highest BCUT2D eigenvalue weighted by Gasteiger charge is 2.07. The van der Waals surface area contributed by atoms with Crippen LogP contribution in [0.15, 0.2) is 48.8 Å². The van der Waals surface area contributed by atoms with Gasteiger partial charge in [0.1, 0.15) is 6.23 Å². The van der Waals surface area contributed by atoms with E-state index in [2.05, 4.69) is 10.3 Å². The van der Waals surface area contributed by atoms with E-state index in [0.717, 1.165) is 17.1 Å². The number of nitrogens with one attached hydrogen (secondary N) is 1. The first-order valence-corrected chi connectivity index (χ1v) is 6.21. The van der Waals surface area contributed by atoms with Crippen molar-refractivity contribution in [3.8, 4) is 11.5 Å². The van der Waals surface area contributed by atoms with E-state index in [9.17, 15) is 0 Å². The topological polar surface area (TPSA) is 43.4 Å². The van der Waals surface area contributed by atoms with Crippen LogP contribution in [0.3, 0.4) is 0 Å². The minimum atomic E-state index is -0.114. The van der Waals surface area contributed by atoms with E-state index in [1.165, 1.54) is 0 Å². The number of para-hydroxylation sites is 2. The van der Waals surface area contributed by atoms with Gasteiger partial charge in [-0.3, -0.25) is 10.3 Å². The van der Waals surface area contributed by atoms with E-state index in [-0.39, 0.29) is 6.23 Å². The highest BCUT2D eigenvalue weighted by atomic mass is 16.5. The summed E-state index contributed by atoms with van der Waals surface area (Å²) in [6.45, 7) is 2.67. The Hall–Kier alpha value is -2.07. The molecule has 1 aromatic heterocycles. The van der Waals surface area contributed by atoms with Crippen LogP contribution in [0.1, 0.15) is 12.5 Å². The van der Waals surface area contributed by atoms with Crippen molar-refractivity contribution in [1.29, 1.82) is 0 Å². The molecule has 0 aliphatic carbocycles. The number of rotatable bonds is 6. The molecule has 19 heavy (non-hydrogen) atoms. The molecular formula is C15H18N2O2. The number of ether oxygens (including phenoxy) is 2. The minimum absolute atomic E-state index is 0.114. The third kappa shape index (κ3) is 3.96. The quantitative estimate of drug-likeness (QED) is 0.809. The van der Waals surface area contributed by atoms with Gasteiger partial charge in [-0.1, -0.05) is 18.2 Å². The van der Waals surface area contributed by atoms with Gasteiger partial charge in [-0.05, 0) is 30.7 Å². The fourth-order valence-electron chi connectivity index (χ4n) is 1.71. The molecule has 4 nitrogen and oxygen atoms in total. The molecule has 2 aromatic rings. The molecule has 100 valence electrons. The molecule has 1 unspecified atom stereocenters. The van der Waals surface area contributed by atoms with Crippen LogP contribution in [0.25, 0.3) is 0 Å². The molecule has 0 bridgehead atoms. The lowest BCUT2D eigenvalue weighted by molar-refractivity contribution is 0.174. The summed E-state index contributed by atoms with van der Waals surface area (Å²) in [5.41, 5.74) is 1.12. The highest BCUT2D eigenvalue weighted by Crippen LogP contribution is 2.26. The molecule has 2 rings (SSSR count). The molecule has 1 N–H and O–H groups in total. The van der Waals surface area contributed by atoms with Crippen LogP contribution in [0, 0.1) is 0 Å². The van der Waals surface area contributed by atoms with Crippen LogP contribution >= 0.6 is 0 Å². The first kappa shape index (κ1) is 13.4. The monoisotopic (exact) mass is 258 g/mol. The number of hydrogen-bond acceptors (Lipinski definition) is 4. The number of aromatic nitrogens is 1. The molecule has 4 heteroatoms. The summed E-state index contributed by atoms with van der Waals surface area (Å²) in [6.07, 6.45) is 3.48. The largest absolute Gasteiger partial charge is 0.493 e. The van der Waals surface area contributed by atoms with Crippen LogP contribution in [-0.4, -0.2) is 18.3 Å². The maximum Gasteiger partial charge on any atom is 0.163 e. The molecule has 0 radical (unpaired) electrons.